The Morgan fingerprint density at radius 1 is 1.17 bits per heavy atom. The molecule has 0 aromatic heterocycles. The van der Waals surface area contributed by atoms with E-state index in [-0.39, 0.29) is 35.8 Å². The van der Waals surface area contributed by atoms with E-state index in [1.807, 2.05) is 19.9 Å². The third-order valence-electron chi connectivity index (χ3n) is 6.70. The molecule has 4 rings (SSSR count). The van der Waals surface area contributed by atoms with Crippen LogP contribution >= 0.6 is 0 Å². The fraction of sp³-hybridized carbons (Fsp3) is 0.591. The maximum atomic E-state index is 12.7. The molecule has 0 bridgehead atoms. The summed E-state index contributed by atoms with van der Waals surface area (Å²) in [4.78, 5) is 40.3. The van der Waals surface area contributed by atoms with Crippen molar-refractivity contribution in [3.8, 4) is 11.5 Å². The van der Waals surface area contributed by atoms with Gasteiger partial charge in [0.2, 0.25) is 24.5 Å². The van der Waals surface area contributed by atoms with Gasteiger partial charge in [-0.3, -0.25) is 14.4 Å². The Labute approximate surface area is 176 Å². The van der Waals surface area contributed by atoms with Gasteiger partial charge in [-0.1, -0.05) is 13.8 Å². The summed E-state index contributed by atoms with van der Waals surface area (Å²) < 4.78 is 10.6. The van der Waals surface area contributed by atoms with Crippen molar-refractivity contribution in [2.45, 2.75) is 46.0 Å². The molecule has 162 valence electrons. The average molecular weight is 416 g/mol. The van der Waals surface area contributed by atoms with E-state index in [9.17, 15) is 14.4 Å². The van der Waals surface area contributed by atoms with Crippen LogP contribution in [0.25, 0.3) is 0 Å². The molecule has 3 aliphatic heterocycles. The molecule has 0 unspecified atom stereocenters. The van der Waals surface area contributed by atoms with Crippen molar-refractivity contribution < 1.29 is 28.8 Å². The number of nitrogens with one attached hydrogen (secondary N) is 2. The molecule has 0 saturated carbocycles. The molecule has 0 atom stereocenters. The predicted octanol–water partition coefficient (Wildman–Crippen LogP) is 1.17. The van der Waals surface area contributed by atoms with Crippen LogP contribution in [-0.2, 0) is 14.4 Å². The van der Waals surface area contributed by atoms with Gasteiger partial charge >= 0.3 is 0 Å². The van der Waals surface area contributed by atoms with Crippen LogP contribution in [0.4, 0.5) is 5.69 Å². The first kappa shape index (κ1) is 20.7. The van der Waals surface area contributed by atoms with Crippen molar-refractivity contribution >= 4 is 23.4 Å². The Hall–Kier alpha value is -2.61. The molecule has 1 aromatic carbocycles. The van der Waals surface area contributed by atoms with Crippen molar-refractivity contribution in [1.82, 2.24) is 4.90 Å². The summed E-state index contributed by atoms with van der Waals surface area (Å²) >= 11 is 0. The minimum Gasteiger partial charge on any atom is -0.454 e. The molecule has 0 spiro atoms. The molecule has 8 heteroatoms. The maximum Gasteiger partial charge on any atom is 0.234 e. The number of fused-ring (bicyclic) bond motifs is 1. The zero-order valence-electron chi connectivity index (χ0n) is 17.7. The molecule has 3 heterocycles. The predicted molar refractivity (Wildman–Crippen MR) is 109 cm³/mol. The van der Waals surface area contributed by atoms with E-state index >= 15 is 0 Å². The summed E-state index contributed by atoms with van der Waals surface area (Å²) in [6, 6.07) is 5.38. The highest BCUT2D eigenvalue weighted by Gasteiger charge is 2.41. The van der Waals surface area contributed by atoms with E-state index < -0.39 is 0 Å². The number of imide groups is 1. The molecule has 3 amide bonds. The van der Waals surface area contributed by atoms with Gasteiger partial charge in [-0.2, -0.15) is 0 Å². The second-order valence-electron chi connectivity index (χ2n) is 8.97. The van der Waals surface area contributed by atoms with Crippen molar-refractivity contribution in [2.24, 2.45) is 11.3 Å². The van der Waals surface area contributed by atoms with Gasteiger partial charge in [0.25, 0.3) is 0 Å². The number of amides is 3. The van der Waals surface area contributed by atoms with Gasteiger partial charge in [-0.25, -0.2) is 4.90 Å². The standard InChI is InChI=1S/C22H29N3O5/c1-3-22(2)11-19(26)25(20(27)12-22)13-24-8-6-15(7-9-24)21(28)23-16-4-5-17-18(10-16)30-14-29-17/h4-5,10,15H,3,6-9,11-14H2,1-2H3,(H,23,28)/p+1. The van der Waals surface area contributed by atoms with Gasteiger partial charge in [0.1, 0.15) is 0 Å². The number of hydrogen-bond acceptors (Lipinski definition) is 5. The maximum absolute atomic E-state index is 12.7. The Morgan fingerprint density at radius 2 is 1.83 bits per heavy atom. The Kier molecular flexibility index (Phi) is 5.69. The van der Waals surface area contributed by atoms with Crippen molar-refractivity contribution in [3.63, 3.8) is 0 Å². The van der Waals surface area contributed by atoms with Gasteiger partial charge in [-0.15, -0.1) is 0 Å². The van der Waals surface area contributed by atoms with Gasteiger partial charge in [0.15, 0.2) is 18.2 Å². The van der Waals surface area contributed by atoms with Gasteiger partial charge in [0, 0.05) is 43.4 Å². The summed E-state index contributed by atoms with van der Waals surface area (Å²) in [5, 5.41) is 2.96. The second-order valence-corrected chi connectivity index (χ2v) is 8.97. The third kappa shape index (κ3) is 4.28. The topological polar surface area (TPSA) is 89.4 Å². The molecule has 30 heavy (non-hydrogen) atoms. The van der Waals surface area contributed by atoms with E-state index in [2.05, 4.69) is 5.32 Å². The second kappa shape index (κ2) is 8.26. The zero-order valence-corrected chi connectivity index (χ0v) is 17.7. The summed E-state index contributed by atoms with van der Waals surface area (Å²) in [6.45, 7) is 6.18. The molecule has 2 saturated heterocycles. The summed E-state index contributed by atoms with van der Waals surface area (Å²) in [6.07, 6.45) is 3.16. The summed E-state index contributed by atoms with van der Waals surface area (Å²) in [7, 11) is 0. The van der Waals surface area contributed by atoms with Gasteiger partial charge in [0.05, 0.1) is 13.1 Å². The first-order valence-electron chi connectivity index (χ1n) is 10.7. The first-order chi connectivity index (χ1) is 14.4. The molecule has 3 aliphatic rings. The average Bonchev–Trinajstić information content (AvgIpc) is 3.19. The number of carbonyl (C=O) groups is 3. The van der Waals surface area contributed by atoms with Crippen LogP contribution in [0.2, 0.25) is 0 Å². The smallest absolute Gasteiger partial charge is 0.234 e. The van der Waals surface area contributed by atoms with Crippen LogP contribution < -0.4 is 19.7 Å². The molecular weight excluding hydrogens is 386 g/mol. The highest BCUT2D eigenvalue weighted by Crippen LogP contribution is 2.35. The zero-order chi connectivity index (χ0) is 21.3. The minimum atomic E-state index is -0.209. The van der Waals surface area contributed by atoms with Crippen LogP contribution in [0, 0.1) is 11.3 Å². The van der Waals surface area contributed by atoms with Crippen molar-refractivity contribution in [1.29, 1.82) is 0 Å². The number of carbonyl (C=O) groups excluding carboxylic acids is 3. The van der Waals surface area contributed by atoms with E-state index in [0.717, 1.165) is 32.4 Å². The lowest BCUT2D eigenvalue weighted by molar-refractivity contribution is -0.913. The van der Waals surface area contributed by atoms with Crippen molar-refractivity contribution in [2.75, 3.05) is 31.9 Å². The highest BCUT2D eigenvalue weighted by molar-refractivity contribution is 5.98. The molecular formula is C22H30N3O5+. The third-order valence-corrected chi connectivity index (χ3v) is 6.70. The number of piperidine rings is 2. The number of benzene rings is 1. The summed E-state index contributed by atoms with van der Waals surface area (Å²) in [5.41, 5.74) is 0.488. The van der Waals surface area contributed by atoms with Gasteiger partial charge < -0.3 is 19.7 Å². The summed E-state index contributed by atoms with van der Waals surface area (Å²) in [5.74, 6) is 1.12. The lowest BCUT2D eigenvalue weighted by atomic mass is 9.77. The SMILES string of the molecule is CCC1(C)CC(=O)N(C[NH+]2CCC(C(=O)Nc3ccc4c(c3)OCO4)CC2)C(=O)C1. The number of anilines is 1. The molecule has 0 radical (unpaired) electrons. The number of rotatable bonds is 5. The highest BCUT2D eigenvalue weighted by atomic mass is 16.7. The Bertz CT molecular complexity index is 829. The van der Waals surface area contributed by atoms with E-state index in [1.165, 1.54) is 9.80 Å². The van der Waals surface area contributed by atoms with Crippen LogP contribution in [0.3, 0.4) is 0 Å². The van der Waals surface area contributed by atoms with Crippen LogP contribution in [0.15, 0.2) is 18.2 Å². The minimum absolute atomic E-state index is 0.00301. The number of quaternary nitrogens is 1. The Morgan fingerprint density at radius 3 is 2.50 bits per heavy atom. The van der Waals surface area contributed by atoms with Crippen LogP contribution in [-0.4, -0.2) is 49.2 Å². The molecule has 8 nitrogen and oxygen atoms in total. The van der Waals surface area contributed by atoms with Crippen LogP contribution in [0.5, 0.6) is 11.5 Å². The largest absolute Gasteiger partial charge is 0.454 e. The number of ether oxygens (including phenoxy) is 2. The normalized spacial score (nSPS) is 25.3. The number of hydrogen-bond donors (Lipinski definition) is 2. The monoisotopic (exact) mass is 416 g/mol. The first-order valence-corrected chi connectivity index (χ1v) is 10.7. The lowest BCUT2D eigenvalue weighted by Crippen LogP contribution is -3.14. The fourth-order valence-electron chi connectivity index (χ4n) is 4.44. The number of likely N-dealkylation sites (tertiary alicyclic amines) is 2. The van der Waals surface area contributed by atoms with Crippen LogP contribution in [0.1, 0.15) is 46.0 Å². The van der Waals surface area contributed by atoms with Gasteiger partial charge in [-0.05, 0) is 24.0 Å². The molecule has 0 aliphatic carbocycles. The number of nitrogens with zero attached hydrogens (tertiary/aromatic N) is 1. The van der Waals surface area contributed by atoms with E-state index in [4.69, 9.17) is 9.47 Å². The van der Waals surface area contributed by atoms with Crippen molar-refractivity contribution in [3.05, 3.63) is 18.2 Å². The fourth-order valence-corrected chi connectivity index (χ4v) is 4.44. The quantitative estimate of drug-likeness (QED) is 0.704. The Balaban J connectivity index is 1.27. The lowest BCUT2D eigenvalue weighted by Gasteiger charge is -2.38. The molecule has 2 fully saturated rings. The van der Waals surface area contributed by atoms with E-state index in [0.29, 0.717) is 36.7 Å². The van der Waals surface area contributed by atoms with E-state index in [1.54, 1.807) is 12.1 Å². The molecule has 1 aromatic rings. The molecule has 2 N–H and O–H groups in total.